The smallest absolute Gasteiger partial charge is 0.338 e. The van der Waals surface area contributed by atoms with E-state index in [-0.39, 0.29) is 18.1 Å². The summed E-state index contributed by atoms with van der Waals surface area (Å²) in [4.78, 5) is 29.8. The predicted octanol–water partition coefficient (Wildman–Crippen LogP) is 4.48. The van der Waals surface area contributed by atoms with Gasteiger partial charge in [-0.25, -0.2) is 14.2 Å². The molecule has 0 aliphatic heterocycles. The van der Waals surface area contributed by atoms with Gasteiger partial charge in [0.1, 0.15) is 5.82 Å². The Hall–Kier alpha value is -3.52. The summed E-state index contributed by atoms with van der Waals surface area (Å²) in [5.74, 6) is -0.963. The molecule has 0 saturated carbocycles. The number of rotatable bonds is 5. The molecule has 1 amide bonds. The van der Waals surface area contributed by atoms with Gasteiger partial charge in [0.2, 0.25) is 5.91 Å². The zero-order valence-electron chi connectivity index (χ0n) is 16.3. The third-order valence-corrected chi connectivity index (χ3v) is 5.67. The van der Waals surface area contributed by atoms with Crippen LogP contribution in [0.25, 0.3) is 16.2 Å². The van der Waals surface area contributed by atoms with E-state index in [1.807, 2.05) is 16.0 Å². The van der Waals surface area contributed by atoms with E-state index in [1.165, 1.54) is 30.6 Å². The van der Waals surface area contributed by atoms with Crippen molar-refractivity contribution in [2.45, 2.75) is 13.3 Å². The van der Waals surface area contributed by atoms with E-state index in [9.17, 15) is 14.0 Å². The second-order valence-electron chi connectivity index (χ2n) is 6.71. The molecular weight excluding hydrogens is 405 g/mol. The normalized spacial score (nSPS) is 10.9. The number of esters is 1. The molecule has 0 saturated heterocycles. The Kier molecular flexibility index (Phi) is 5.33. The predicted molar refractivity (Wildman–Crippen MR) is 113 cm³/mol. The number of fused-ring (bicyclic) bond motifs is 1. The maximum atomic E-state index is 13.2. The van der Waals surface area contributed by atoms with Crippen molar-refractivity contribution in [1.82, 2.24) is 9.38 Å². The first-order valence-corrected chi connectivity index (χ1v) is 10.0. The van der Waals surface area contributed by atoms with Gasteiger partial charge in [0.05, 0.1) is 24.8 Å². The SMILES string of the molecule is COC(=O)c1cccc(NC(=O)Cc2csc3nc(-c4ccc(F)cc4)cn23)c1C. The number of carbonyl (C=O) groups excluding carboxylic acids is 2. The summed E-state index contributed by atoms with van der Waals surface area (Å²) in [6, 6.07) is 11.2. The Morgan fingerprint density at radius 1 is 1.20 bits per heavy atom. The van der Waals surface area contributed by atoms with Gasteiger partial charge in [-0.05, 0) is 48.9 Å². The number of hydrogen-bond donors (Lipinski definition) is 1. The Labute approximate surface area is 176 Å². The molecule has 1 N–H and O–H groups in total. The van der Waals surface area contributed by atoms with Crippen LogP contribution in [0, 0.1) is 12.7 Å². The van der Waals surface area contributed by atoms with Crippen LogP contribution in [0.2, 0.25) is 0 Å². The number of ether oxygens (including phenoxy) is 1. The highest BCUT2D eigenvalue weighted by atomic mass is 32.1. The highest BCUT2D eigenvalue weighted by molar-refractivity contribution is 7.15. The fourth-order valence-electron chi connectivity index (χ4n) is 3.18. The van der Waals surface area contributed by atoms with Crippen molar-refractivity contribution in [1.29, 1.82) is 0 Å². The molecule has 152 valence electrons. The molecular formula is C22H18FN3O3S. The number of thiazole rings is 1. The maximum absolute atomic E-state index is 13.2. The minimum atomic E-state index is -0.449. The zero-order chi connectivity index (χ0) is 21.3. The van der Waals surface area contributed by atoms with Gasteiger partial charge in [0.25, 0.3) is 0 Å². The van der Waals surface area contributed by atoms with Crippen molar-refractivity contribution < 1.29 is 18.7 Å². The van der Waals surface area contributed by atoms with Gasteiger partial charge >= 0.3 is 5.97 Å². The number of nitrogens with zero attached hydrogens (tertiary/aromatic N) is 2. The third-order valence-electron chi connectivity index (χ3n) is 4.78. The molecule has 2 aromatic carbocycles. The molecule has 4 rings (SSSR count). The van der Waals surface area contributed by atoms with Crippen LogP contribution in [0.3, 0.4) is 0 Å². The van der Waals surface area contributed by atoms with Gasteiger partial charge < -0.3 is 10.1 Å². The van der Waals surface area contributed by atoms with E-state index in [0.29, 0.717) is 22.5 Å². The monoisotopic (exact) mass is 423 g/mol. The number of hydrogen-bond acceptors (Lipinski definition) is 5. The van der Waals surface area contributed by atoms with Crippen molar-refractivity contribution >= 4 is 33.9 Å². The van der Waals surface area contributed by atoms with Gasteiger partial charge in [-0.15, -0.1) is 11.3 Å². The fourth-order valence-corrected chi connectivity index (χ4v) is 4.05. The molecule has 0 atom stereocenters. The van der Waals surface area contributed by atoms with Crippen LogP contribution < -0.4 is 5.32 Å². The number of halogens is 1. The lowest BCUT2D eigenvalue weighted by Crippen LogP contribution is -2.17. The average Bonchev–Trinajstić information content (AvgIpc) is 3.31. The first-order valence-electron chi connectivity index (χ1n) is 9.15. The van der Waals surface area contributed by atoms with Crippen LogP contribution in [0.4, 0.5) is 10.1 Å². The Morgan fingerprint density at radius 2 is 1.97 bits per heavy atom. The Balaban J connectivity index is 1.54. The van der Waals surface area contributed by atoms with Gasteiger partial charge in [-0.1, -0.05) is 6.07 Å². The van der Waals surface area contributed by atoms with Gasteiger partial charge in [-0.3, -0.25) is 9.20 Å². The van der Waals surface area contributed by atoms with Crippen LogP contribution in [0.1, 0.15) is 21.6 Å². The molecule has 0 aliphatic rings. The highest BCUT2D eigenvalue weighted by Crippen LogP contribution is 2.25. The van der Waals surface area contributed by atoms with Crippen molar-refractivity contribution in [2.75, 3.05) is 12.4 Å². The first kappa shape index (κ1) is 19.8. The molecule has 4 aromatic rings. The van der Waals surface area contributed by atoms with Crippen LogP contribution in [0.5, 0.6) is 0 Å². The van der Waals surface area contributed by atoms with Crippen LogP contribution >= 0.6 is 11.3 Å². The lowest BCUT2D eigenvalue weighted by molar-refractivity contribution is -0.115. The van der Waals surface area contributed by atoms with Gasteiger partial charge in [0, 0.05) is 28.5 Å². The summed E-state index contributed by atoms with van der Waals surface area (Å²) in [6.07, 6.45) is 1.98. The largest absolute Gasteiger partial charge is 0.465 e. The second kappa shape index (κ2) is 8.08. The minimum absolute atomic E-state index is 0.140. The molecule has 0 spiro atoms. The molecule has 0 radical (unpaired) electrons. The quantitative estimate of drug-likeness (QED) is 0.481. The van der Waals surface area contributed by atoms with Crippen molar-refractivity contribution in [2.24, 2.45) is 0 Å². The Bertz CT molecular complexity index is 1240. The second-order valence-corrected chi connectivity index (χ2v) is 7.54. The van der Waals surface area contributed by atoms with E-state index in [1.54, 1.807) is 37.3 Å². The Morgan fingerprint density at radius 3 is 2.70 bits per heavy atom. The number of methoxy groups -OCH3 is 1. The molecule has 30 heavy (non-hydrogen) atoms. The number of aromatic nitrogens is 2. The van der Waals surface area contributed by atoms with E-state index < -0.39 is 5.97 Å². The third kappa shape index (κ3) is 3.81. The number of carbonyl (C=O) groups is 2. The number of imidazole rings is 1. The fraction of sp³-hybridized carbons (Fsp3) is 0.136. The molecule has 0 fully saturated rings. The molecule has 6 nitrogen and oxygen atoms in total. The first-order chi connectivity index (χ1) is 14.5. The van der Waals surface area contributed by atoms with Crippen molar-refractivity contribution in [3.63, 3.8) is 0 Å². The summed E-state index contributed by atoms with van der Waals surface area (Å²) in [5.41, 5.74) is 3.92. The van der Waals surface area contributed by atoms with E-state index >= 15 is 0 Å². The summed E-state index contributed by atoms with van der Waals surface area (Å²) in [5, 5.41) is 4.74. The van der Waals surface area contributed by atoms with E-state index in [4.69, 9.17) is 4.74 Å². The number of benzene rings is 2. The van der Waals surface area contributed by atoms with Crippen molar-refractivity contribution in [3.05, 3.63) is 76.7 Å². The van der Waals surface area contributed by atoms with Crippen LogP contribution in [-0.4, -0.2) is 28.4 Å². The highest BCUT2D eigenvalue weighted by Gasteiger charge is 2.16. The lowest BCUT2D eigenvalue weighted by Gasteiger charge is -2.11. The van der Waals surface area contributed by atoms with Crippen LogP contribution in [0.15, 0.2) is 54.0 Å². The van der Waals surface area contributed by atoms with E-state index in [2.05, 4.69) is 10.3 Å². The van der Waals surface area contributed by atoms with Gasteiger partial charge in [-0.2, -0.15) is 0 Å². The molecule has 0 unspecified atom stereocenters. The maximum Gasteiger partial charge on any atom is 0.338 e. The molecule has 0 bridgehead atoms. The van der Waals surface area contributed by atoms with Gasteiger partial charge in [0.15, 0.2) is 4.96 Å². The molecule has 2 aromatic heterocycles. The van der Waals surface area contributed by atoms with Crippen LogP contribution in [-0.2, 0) is 16.0 Å². The summed E-state index contributed by atoms with van der Waals surface area (Å²) >= 11 is 1.43. The average molecular weight is 423 g/mol. The molecule has 2 heterocycles. The number of nitrogens with one attached hydrogen (secondary N) is 1. The topological polar surface area (TPSA) is 72.7 Å². The lowest BCUT2D eigenvalue weighted by atomic mass is 10.1. The summed E-state index contributed by atoms with van der Waals surface area (Å²) in [6.45, 7) is 1.76. The summed E-state index contributed by atoms with van der Waals surface area (Å²) in [7, 11) is 1.32. The van der Waals surface area contributed by atoms with Crippen molar-refractivity contribution in [3.8, 4) is 11.3 Å². The molecule has 0 aliphatic carbocycles. The number of amides is 1. The zero-order valence-corrected chi connectivity index (χ0v) is 17.1. The number of anilines is 1. The minimum Gasteiger partial charge on any atom is -0.465 e. The summed E-state index contributed by atoms with van der Waals surface area (Å²) < 4.78 is 19.8. The van der Waals surface area contributed by atoms with E-state index in [0.717, 1.165) is 16.2 Å². The molecule has 8 heteroatoms. The standard InChI is InChI=1S/C22H18FN3O3S/c1-13-17(21(28)29-2)4-3-5-18(13)24-20(27)10-16-12-30-22-25-19(11-26(16)22)14-6-8-15(23)9-7-14/h3-9,11-12H,10H2,1-2H3,(H,24,27).